The first-order chi connectivity index (χ1) is 18.9. The van der Waals surface area contributed by atoms with Crippen molar-refractivity contribution in [2.75, 3.05) is 13.9 Å². The van der Waals surface area contributed by atoms with Crippen molar-refractivity contribution in [3.63, 3.8) is 0 Å². The molecule has 9 heteroatoms. The molecule has 2 fully saturated rings. The Balaban J connectivity index is 1.10. The molecule has 0 saturated heterocycles. The molecule has 2 aliphatic carbocycles. The normalized spacial score (nSPS) is 23.0. The Morgan fingerprint density at radius 1 is 1.05 bits per heavy atom. The Hall–Kier alpha value is -3.85. The summed E-state index contributed by atoms with van der Waals surface area (Å²) in [5.74, 6) is 0.671. The molecule has 0 bridgehead atoms. The number of methoxy groups -OCH3 is 1. The Morgan fingerprint density at radius 2 is 1.82 bits per heavy atom. The number of nitrogens with zero attached hydrogens (tertiary/aromatic N) is 5. The smallest absolute Gasteiger partial charge is 0.328 e. The molecule has 1 spiro atoms. The molecule has 1 unspecified atom stereocenters. The molecule has 4 aromatic rings. The third-order valence-corrected chi connectivity index (χ3v) is 8.41. The van der Waals surface area contributed by atoms with Crippen LogP contribution >= 0.6 is 0 Å². The minimum Gasteiger partial charge on any atom is -0.480 e. The number of ether oxygens (including phenoxy) is 2. The lowest BCUT2D eigenvalue weighted by atomic mass is 9.47. The number of aromatic nitrogens is 5. The van der Waals surface area contributed by atoms with E-state index in [0.29, 0.717) is 23.0 Å². The molecule has 0 amide bonds. The summed E-state index contributed by atoms with van der Waals surface area (Å²) in [4.78, 5) is 11.6. The van der Waals surface area contributed by atoms with Gasteiger partial charge in [-0.05, 0) is 72.8 Å². The lowest BCUT2D eigenvalue weighted by Crippen LogP contribution is -2.45. The van der Waals surface area contributed by atoms with Crippen LogP contribution in [0, 0.1) is 11.3 Å². The quantitative estimate of drug-likeness (QED) is 0.280. The van der Waals surface area contributed by atoms with E-state index >= 15 is 0 Å². The average Bonchev–Trinajstić information content (AvgIpc) is 3.34. The second kappa shape index (κ2) is 10.0. The number of para-hydroxylation sites is 1. The summed E-state index contributed by atoms with van der Waals surface area (Å²) in [6.07, 6.45) is 6.32. The fourth-order valence-corrected chi connectivity index (χ4v) is 6.43. The Morgan fingerprint density at radius 3 is 2.56 bits per heavy atom. The van der Waals surface area contributed by atoms with Gasteiger partial charge in [0.25, 0.3) is 0 Å². The molecule has 6 rings (SSSR count). The van der Waals surface area contributed by atoms with Crippen LogP contribution in [0.2, 0.25) is 0 Å². The maximum Gasteiger partial charge on any atom is 0.328 e. The van der Waals surface area contributed by atoms with Crippen LogP contribution in [0.5, 0.6) is 5.75 Å². The summed E-state index contributed by atoms with van der Waals surface area (Å²) in [6, 6.07) is 15.7. The van der Waals surface area contributed by atoms with Crippen molar-refractivity contribution in [1.29, 1.82) is 0 Å². The van der Waals surface area contributed by atoms with E-state index in [4.69, 9.17) is 9.47 Å². The molecule has 2 heterocycles. The Kier molecular flexibility index (Phi) is 6.54. The van der Waals surface area contributed by atoms with E-state index < -0.39 is 12.0 Å². The highest BCUT2D eigenvalue weighted by atomic mass is 16.7. The van der Waals surface area contributed by atoms with Gasteiger partial charge in [-0.2, -0.15) is 0 Å². The number of carbonyl (C=O) groups is 1. The maximum atomic E-state index is 11.6. The predicted octanol–water partition coefficient (Wildman–Crippen LogP) is 5.59. The summed E-state index contributed by atoms with van der Waals surface area (Å²) in [5, 5.41) is 28.1. The molecule has 1 atom stereocenters. The SMILES string of the molecule is COCOc1ccccc1-c1cc2ccc(C3CC4(C3)CC(c3cn(C(C(=O)O)C(C)C)nn3)C4)cc2nn1. The molecular formula is C30H33N5O4. The third kappa shape index (κ3) is 4.76. The Labute approximate surface area is 227 Å². The fraction of sp³-hybridized carbons (Fsp3) is 0.433. The molecule has 1 N–H and O–H groups in total. The highest BCUT2D eigenvalue weighted by Crippen LogP contribution is 2.66. The first-order valence-corrected chi connectivity index (χ1v) is 13.5. The molecule has 0 radical (unpaired) electrons. The number of rotatable bonds is 9. The molecule has 0 aliphatic heterocycles. The van der Waals surface area contributed by atoms with E-state index in [1.807, 2.05) is 44.3 Å². The first-order valence-electron chi connectivity index (χ1n) is 13.5. The van der Waals surface area contributed by atoms with E-state index in [1.165, 1.54) is 10.2 Å². The zero-order valence-corrected chi connectivity index (χ0v) is 22.4. The summed E-state index contributed by atoms with van der Waals surface area (Å²) < 4.78 is 12.3. The number of hydrogen-bond donors (Lipinski definition) is 1. The van der Waals surface area contributed by atoms with Crippen molar-refractivity contribution >= 4 is 16.9 Å². The van der Waals surface area contributed by atoms with Crippen LogP contribution in [0.4, 0.5) is 0 Å². The second-order valence-corrected chi connectivity index (χ2v) is 11.5. The minimum atomic E-state index is -0.870. The van der Waals surface area contributed by atoms with Gasteiger partial charge in [-0.3, -0.25) is 0 Å². The first kappa shape index (κ1) is 25.4. The fourth-order valence-electron chi connectivity index (χ4n) is 6.43. The number of aliphatic carboxylic acids is 1. The third-order valence-electron chi connectivity index (χ3n) is 8.41. The van der Waals surface area contributed by atoms with Crippen molar-refractivity contribution in [3.8, 4) is 17.0 Å². The van der Waals surface area contributed by atoms with Gasteiger partial charge in [-0.1, -0.05) is 43.3 Å². The average molecular weight is 528 g/mol. The van der Waals surface area contributed by atoms with E-state index in [0.717, 1.165) is 53.5 Å². The molecule has 2 aromatic heterocycles. The molecule has 202 valence electrons. The van der Waals surface area contributed by atoms with E-state index in [-0.39, 0.29) is 12.7 Å². The van der Waals surface area contributed by atoms with Crippen LogP contribution in [0.15, 0.2) is 54.7 Å². The Bertz CT molecular complexity index is 1500. The van der Waals surface area contributed by atoms with Gasteiger partial charge in [0.05, 0.1) is 16.9 Å². The highest BCUT2D eigenvalue weighted by Gasteiger charge is 2.54. The van der Waals surface area contributed by atoms with Crippen molar-refractivity contribution in [2.24, 2.45) is 11.3 Å². The van der Waals surface area contributed by atoms with Crippen molar-refractivity contribution in [1.82, 2.24) is 25.2 Å². The zero-order valence-electron chi connectivity index (χ0n) is 22.4. The van der Waals surface area contributed by atoms with Gasteiger partial charge in [0, 0.05) is 30.2 Å². The molecule has 9 nitrogen and oxygen atoms in total. The predicted molar refractivity (Wildman–Crippen MR) is 145 cm³/mol. The summed E-state index contributed by atoms with van der Waals surface area (Å²) in [5.41, 5.74) is 5.14. The lowest BCUT2D eigenvalue weighted by molar-refractivity contribution is -0.142. The molecule has 39 heavy (non-hydrogen) atoms. The number of fused-ring (bicyclic) bond motifs is 1. The molecule has 2 saturated carbocycles. The largest absolute Gasteiger partial charge is 0.480 e. The van der Waals surface area contributed by atoms with Gasteiger partial charge < -0.3 is 14.6 Å². The van der Waals surface area contributed by atoms with E-state index in [1.54, 1.807) is 7.11 Å². The van der Waals surface area contributed by atoms with Crippen molar-refractivity contribution in [3.05, 3.63) is 66.0 Å². The number of hydrogen-bond acceptors (Lipinski definition) is 7. The van der Waals surface area contributed by atoms with Gasteiger partial charge >= 0.3 is 5.97 Å². The van der Waals surface area contributed by atoms with Crippen LogP contribution in [0.1, 0.15) is 68.7 Å². The van der Waals surface area contributed by atoms with Crippen LogP contribution in [-0.2, 0) is 9.53 Å². The van der Waals surface area contributed by atoms with Gasteiger partial charge in [-0.15, -0.1) is 15.3 Å². The molecular weight excluding hydrogens is 494 g/mol. The van der Waals surface area contributed by atoms with Crippen LogP contribution in [-0.4, -0.2) is 50.2 Å². The summed E-state index contributed by atoms with van der Waals surface area (Å²) >= 11 is 0. The van der Waals surface area contributed by atoms with Crippen LogP contribution in [0.25, 0.3) is 22.2 Å². The van der Waals surface area contributed by atoms with Crippen LogP contribution < -0.4 is 4.74 Å². The highest BCUT2D eigenvalue weighted by molar-refractivity contribution is 5.83. The van der Waals surface area contributed by atoms with E-state index in [9.17, 15) is 9.90 Å². The van der Waals surface area contributed by atoms with Gasteiger partial charge in [0.2, 0.25) is 0 Å². The number of carboxylic acids is 1. The number of benzene rings is 2. The maximum absolute atomic E-state index is 11.6. The monoisotopic (exact) mass is 527 g/mol. The number of carboxylic acid groups (broad SMARTS) is 1. The van der Waals surface area contributed by atoms with Gasteiger partial charge in [0.15, 0.2) is 12.8 Å². The topological polar surface area (TPSA) is 112 Å². The van der Waals surface area contributed by atoms with Crippen LogP contribution in [0.3, 0.4) is 0 Å². The van der Waals surface area contributed by atoms with Gasteiger partial charge in [0.1, 0.15) is 5.75 Å². The minimum absolute atomic E-state index is 0.0545. The molecule has 2 aliphatic rings. The summed E-state index contributed by atoms with van der Waals surface area (Å²) in [7, 11) is 1.60. The molecule has 2 aromatic carbocycles. The summed E-state index contributed by atoms with van der Waals surface area (Å²) in [6.45, 7) is 3.96. The lowest BCUT2D eigenvalue weighted by Gasteiger charge is -2.57. The zero-order chi connectivity index (χ0) is 27.1. The standard InChI is InChI=1S/C30H33N5O4/c1-18(2)28(29(36)37)35-16-26(33-34-35)22-14-30(15-22)12-21(13-30)19-8-9-20-11-25(32-31-24(20)10-19)23-6-4-5-7-27(23)39-17-38-3/h4-11,16,18,21-22,28H,12-15,17H2,1-3H3,(H,36,37). The van der Waals surface area contributed by atoms with Crippen molar-refractivity contribution in [2.45, 2.75) is 57.4 Å². The van der Waals surface area contributed by atoms with Crippen molar-refractivity contribution < 1.29 is 19.4 Å². The van der Waals surface area contributed by atoms with E-state index in [2.05, 4.69) is 44.8 Å². The second-order valence-electron chi connectivity index (χ2n) is 11.5. The van der Waals surface area contributed by atoms with Gasteiger partial charge in [-0.25, -0.2) is 9.48 Å².